The van der Waals surface area contributed by atoms with Crippen LogP contribution in [0.15, 0.2) is 0 Å². The quantitative estimate of drug-likeness (QED) is 0.652. The molecule has 1 heterocycles. The van der Waals surface area contributed by atoms with Crippen molar-refractivity contribution in [1.29, 1.82) is 0 Å². The van der Waals surface area contributed by atoms with Crippen molar-refractivity contribution in [2.75, 3.05) is 6.54 Å². The van der Waals surface area contributed by atoms with E-state index in [1.165, 1.54) is 6.92 Å². The number of hydrogen-bond acceptors (Lipinski definition) is 2. The van der Waals surface area contributed by atoms with Crippen LogP contribution in [0.5, 0.6) is 0 Å². The van der Waals surface area contributed by atoms with E-state index >= 15 is 0 Å². The van der Waals surface area contributed by atoms with Gasteiger partial charge in [-0.2, -0.15) is 13.2 Å². The number of halogens is 3. The van der Waals surface area contributed by atoms with Crippen molar-refractivity contribution >= 4 is 11.9 Å². The number of carboxylic acids is 1. The maximum absolute atomic E-state index is 12.3. The third-order valence-electron chi connectivity index (χ3n) is 2.57. The van der Waals surface area contributed by atoms with E-state index in [1.54, 1.807) is 5.92 Å². The number of aliphatic carboxylic acids is 1. The molecule has 1 aliphatic rings. The molecule has 0 bridgehead atoms. The van der Waals surface area contributed by atoms with Crippen LogP contribution in [-0.4, -0.2) is 40.1 Å². The fraction of sp³-hybridized carbons (Fsp3) is 0.600. The summed E-state index contributed by atoms with van der Waals surface area (Å²) in [6, 6.07) is 0. The highest BCUT2D eigenvalue weighted by Crippen LogP contribution is 2.32. The Bertz CT molecular complexity index is 407. The van der Waals surface area contributed by atoms with Crippen LogP contribution in [0.4, 0.5) is 13.2 Å². The molecule has 17 heavy (non-hydrogen) atoms. The topological polar surface area (TPSA) is 57.6 Å². The van der Waals surface area contributed by atoms with Crippen LogP contribution in [0, 0.1) is 11.8 Å². The summed E-state index contributed by atoms with van der Waals surface area (Å²) >= 11 is 0. The van der Waals surface area contributed by atoms with Gasteiger partial charge in [-0.25, -0.2) is 4.79 Å². The van der Waals surface area contributed by atoms with Crippen molar-refractivity contribution in [3.63, 3.8) is 0 Å². The predicted molar refractivity (Wildman–Crippen MR) is 50.8 cm³/mol. The highest BCUT2D eigenvalue weighted by atomic mass is 19.4. The SMILES string of the molecule is C[C@@]1(C#CC(=O)O)CCCN1C(=O)C(F)(F)F. The van der Waals surface area contributed by atoms with Gasteiger partial charge in [-0.3, -0.25) is 4.79 Å². The lowest BCUT2D eigenvalue weighted by Crippen LogP contribution is -2.49. The number of alkyl halides is 3. The van der Waals surface area contributed by atoms with E-state index in [2.05, 4.69) is 5.92 Å². The van der Waals surface area contributed by atoms with Gasteiger partial charge in [0.2, 0.25) is 0 Å². The summed E-state index contributed by atoms with van der Waals surface area (Å²) in [4.78, 5) is 22.0. The first kappa shape index (κ1) is 13.4. The molecule has 1 N–H and O–H groups in total. The summed E-state index contributed by atoms with van der Waals surface area (Å²) < 4.78 is 36.9. The normalized spacial score (nSPS) is 24.1. The minimum atomic E-state index is -4.96. The van der Waals surface area contributed by atoms with E-state index in [0.29, 0.717) is 11.3 Å². The predicted octanol–water partition coefficient (Wildman–Crippen LogP) is 1.02. The third kappa shape index (κ3) is 2.90. The van der Waals surface area contributed by atoms with Crippen LogP contribution in [0.3, 0.4) is 0 Å². The number of carboxylic acid groups (broad SMARTS) is 1. The Morgan fingerprint density at radius 1 is 1.41 bits per heavy atom. The summed E-state index contributed by atoms with van der Waals surface area (Å²) in [5, 5.41) is 8.37. The Labute approximate surface area is 95.4 Å². The zero-order valence-corrected chi connectivity index (χ0v) is 8.97. The second kappa shape index (κ2) is 4.28. The second-order valence-corrected chi connectivity index (χ2v) is 3.89. The van der Waals surface area contributed by atoms with Gasteiger partial charge in [0.1, 0.15) is 5.54 Å². The first-order valence-corrected chi connectivity index (χ1v) is 4.82. The van der Waals surface area contributed by atoms with E-state index in [4.69, 9.17) is 5.11 Å². The molecule has 1 aliphatic heterocycles. The summed E-state index contributed by atoms with van der Waals surface area (Å²) in [6.07, 6.45) is -4.36. The minimum Gasteiger partial charge on any atom is -0.472 e. The maximum Gasteiger partial charge on any atom is 0.471 e. The Morgan fingerprint density at radius 3 is 2.47 bits per heavy atom. The van der Waals surface area contributed by atoms with E-state index in [1.807, 2.05) is 0 Å². The van der Waals surface area contributed by atoms with E-state index in [-0.39, 0.29) is 13.0 Å². The lowest BCUT2D eigenvalue weighted by molar-refractivity contribution is -0.187. The van der Waals surface area contributed by atoms with Gasteiger partial charge < -0.3 is 10.0 Å². The smallest absolute Gasteiger partial charge is 0.471 e. The highest BCUT2D eigenvalue weighted by molar-refractivity contribution is 5.87. The van der Waals surface area contributed by atoms with Gasteiger partial charge in [-0.1, -0.05) is 5.92 Å². The van der Waals surface area contributed by atoms with Crippen LogP contribution in [-0.2, 0) is 9.59 Å². The average molecular weight is 249 g/mol. The van der Waals surface area contributed by atoms with Crippen LogP contribution in [0.2, 0.25) is 0 Å². The fourth-order valence-electron chi connectivity index (χ4n) is 1.76. The highest BCUT2D eigenvalue weighted by Gasteiger charge is 2.49. The number of hydrogen-bond donors (Lipinski definition) is 1. The number of rotatable bonds is 0. The first-order valence-electron chi connectivity index (χ1n) is 4.82. The summed E-state index contributed by atoms with van der Waals surface area (Å²) in [7, 11) is 0. The van der Waals surface area contributed by atoms with Crippen LogP contribution in [0.25, 0.3) is 0 Å². The van der Waals surface area contributed by atoms with Crippen molar-refractivity contribution in [3.8, 4) is 11.8 Å². The third-order valence-corrected chi connectivity index (χ3v) is 2.57. The zero-order valence-electron chi connectivity index (χ0n) is 8.97. The van der Waals surface area contributed by atoms with Gasteiger partial charge in [0, 0.05) is 12.5 Å². The standard InChI is InChI=1S/C10H10F3NO3/c1-9(5-3-7(15)16)4-2-6-14(9)8(17)10(11,12)13/h2,4,6H2,1H3,(H,15,16)/t9-/m0/s1. The number of likely N-dealkylation sites (tertiary alicyclic amines) is 1. The monoisotopic (exact) mass is 249 g/mol. The van der Waals surface area contributed by atoms with Crippen LogP contribution >= 0.6 is 0 Å². The Kier molecular flexibility index (Phi) is 3.36. The van der Waals surface area contributed by atoms with Crippen molar-refractivity contribution in [1.82, 2.24) is 4.90 Å². The largest absolute Gasteiger partial charge is 0.472 e. The van der Waals surface area contributed by atoms with Crippen molar-refractivity contribution in [3.05, 3.63) is 0 Å². The number of carbonyl (C=O) groups excluding carboxylic acids is 1. The van der Waals surface area contributed by atoms with Crippen molar-refractivity contribution in [2.24, 2.45) is 0 Å². The van der Waals surface area contributed by atoms with Gasteiger partial charge in [0.15, 0.2) is 0 Å². The molecule has 0 spiro atoms. The maximum atomic E-state index is 12.3. The molecule has 0 unspecified atom stereocenters. The van der Waals surface area contributed by atoms with Gasteiger partial charge in [-0.05, 0) is 19.8 Å². The second-order valence-electron chi connectivity index (χ2n) is 3.89. The van der Waals surface area contributed by atoms with Gasteiger partial charge in [0.05, 0.1) is 0 Å². The summed E-state index contributed by atoms with van der Waals surface area (Å²) in [5.74, 6) is 0.578. The zero-order chi connectivity index (χ0) is 13.3. The first-order chi connectivity index (χ1) is 7.67. The van der Waals surface area contributed by atoms with Crippen LogP contribution in [0.1, 0.15) is 19.8 Å². The van der Waals surface area contributed by atoms with E-state index < -0.39 is 23.6 Å². The molecule has 7 heteroatoms. The molecule has 1 amide bonds. The van der Waals surface area contributed by atoms with Gasteiger partial charge >= 0.3 is 18.1 Å². The van der Waals surface area contributed by atoms with E-state index in [0.717, 1.165) is 0 Å². The lowest BCUT2D eigenvalue weighted by Gasteiger charge is -2.30. The molecule has 0 aliphatic carbocycles. The summed E-state index contributed by atoms with van der Waals surface area (Å²) in [6.45, 7) is 1.27. The average Bonchev–Trinajstić information content (AvgIpc) is 2.55. The van der Waals surface area contributed by atoms with Crippen LogP contribution < -0.4 is 0 Å². The molecule has 0 aromatic carbocycles. The van der Waals surface area contributed by atoms with E-state index in [9.17, 15) is 22.8 Å². The molecule has 94 valence electrons. The fourth-order valence-corrected chi connectivity index (χ4v) is 1.76. The minimum absolute atomic E-state index is 0.0663. The molecular formula is C10H10F3NO3. The molecule has 1 rings (SSSR count). The molecule has 0 radical (unpaired) electrons. The van der Waals surface area contributed by atoms with Crippen molar-refractivity contribution < 1.29 is 27.9 Å². The lowest BCUT2D eigenvalue weighted by atomic mass is 9.99. The molecular weight excluding hydrogens is 239 g/mol. The molecule has 0 aromatic rings. The molecule has 0 saturated carbocycles. The number of nitrogens with zero attached hydrogens (tertiary/aromatic N) is 1. The molecule has 1 saturated heterocycles. The molecule has 0 aromatic heterocycles. The van der Waals surface area contributed by atoms with Gasteiger partial charge in [0.25, 0.3) is 0 Å². The molecule has 4 nitrogen and oxygen atoms in total. The van der Waals surface area contributed by atoms with Gasteiger partial charge in [-0.15, -0.1) is 0 Å². The van der Waals surface area contributed by atoms with Crippen molar-refractivity contribution in [2.45, 2.75) is 31.5 Å². The Balaban J connectivity index is 2.98. The number of carbonyl (C=O) groups is 2. The Morgan fingerprint density at radius 2 is 2.00 bits per heavy atom. The number of amides is 1. The molecule has 1 atom stereocenters. The Hall–Kier alpha value is -1.71. The molecule has 1 fully saturated rings. The summed E-state index contributed by atoms with van der Waals surface area (Å²) in [5.41, 5.74) is -1.36.